The number of carbonyl (C=O) groups is 1. The summed E-state index contributed by atoms with van der Waals surface area (Å²) in [5, 5.41) is 0. The van der Waals surface area contributed by atoms with E-state index < -0.39 is 0 Å². The van der Waals surface area contributed by atoms with E-state index in [1.807, 2.05) is 0 Å². The molecule has 0 spiro atoms. The van der Waals surface area contributed by atoms with Crippen LogP contribution in [0.2, 0.25) is 0 Å². The van der Waals surface area contributed by atoms with E-state index in [9.17, 15) is 4.79 Å². The van der Waals surface area contributed by atoms with Crippen LogP contribution in [0.1, 0.15) is 112 Å². The van der Waals surface area contributed by atoms with Crippen LogP contribution >= 0.6 is 0 Å². The highest BCUT2D eigenvalue weighted by Gasteiger charge is 2.59. The Balaban J connectivity index is 1.45. The molecule has 4 rings (SSSR count). The predicted molar refractivity (Wildman–Crippen MR) is 138 cm³/mol. The third-order valence-corrected chi connectivity index (χ3v) is 10.9. The molecule has 0 aromatic rings. The van der Waals surface area contributed by atoms with Crippen molar-refractivity contribution in [3.05, 3.63) is 23.8 Å². The van der Waals surface area contributed by atoms with Crippen molar-refractivity contribution in [2.75, 3.05) is 0 Å². The number of hydrogen-bond acceptors (Lipinski definition) is 2. The van der Waals surface area contributed by atoms with Gasteiger partial charge in [0.15, 0.2) is 0 Å². The normalized spacial score (nSPS) is 40.9. The molecule has 0 radical (unpaired) electrons. The first kappa shape index (κ1) is 25.1. The van der Waals surface area contributed by atoms with Crippen molar-refractivity contribution in [2.24, 2.45) is 46.3 Å². The number of rotatable bonds is 7. The average molecular weight is 455 g/mol. The molecular weight excluding hydrogens is 404 g/mol. The molecule has 0 bridgehead atoms. The zero-order valence-electron chi connectivity index (χ0n) is 22.4. The van der Waals surface area contributed by atoms with Gasteiger partial charge in [-0.05, 0) is 98.2 Å². The van der Waals surface area contributed by atoms with E-state index in [1.54, 1.807) is 12.5 Å². The quantitative estimate of drug-likeness (QED) is 0.219. The first-order chi connectivity index (χ1) is 15.6. The third-order valence-electron chi connectivity index (χ3n) is 10.9. The van der Waals surface area contributed by atoms with Crippen molar-refractivity contribution in [3.63, 3.8) is 0 Å². The topological polar surface area (TPSA) is 26.3 Å². The van der Waals surface area contributed by atoms with Crippen LogP contribution in [0.3, 0.4) is 0 Å². The number of esters is 1. The molecule has 4 aliphatic rings. The maximum absolute atomic E-state index is 12.1. The summed E-state index contributed by atoms with van der Waals surface area (Å²) in [5.41, 5.74) is 2.97. The van der Waals surface area contributed by atoms with Crippen molar-refractivity contribution in [2.45, 2.75) is 118 Å². The van der Waals surface area contributed by atoms with Gasteiger partial charge < -0.3 is 4.74 Å². The standard InChI is InChI=1S/C31H50O2/c1-20(2)9-8-10-22(5)26-13-14-27-25-12-11-23-19-24(33-29(32)21(3)4)15-17-30(23,6)28(25)16-18-31(26,27)7/h11,20,22,24-28H,3,8-10,12-19H2,1-2,4-7H3/t22-,24-,25+,26-,27+,28+,30+,31-/m1/s1. The zero-order chi connectivity index (χ0) is 24.0. The maximum atomic E-state index is 12.1. The largest absolute Gasteiger partial charge is 0.459 e. The van der Waals surface area contributed by atoms with Crippen LogP contribution in [0.25, 0.3) is 0 Å². The summed E-state index contributed by atoms with van der Waals surface area (Å²) < 4.78 is 5.78. The summed E-state index contributed by atoms with van der Waals surface area (Å²) in [6, 6.07) is 0. The van der Waals surface area contributed by atoms with E-state index >= 15 is 0 Å². The lowest BCUT2D eigenvalue weighted by Gasteiger charge is -2.58. The van der Waals surface area contributed by atoms with Crippen molar-refractivity contribution in [1.29, 1.82) is 0 Å². The summed E-state index contributed by atoms with van der Waals surface area (Å²) in [6.07, 6.45) is 17.0. The highest BCUT2D eigenvalue weighted by atomic mass is 16.5. The molecule has 0 aliphatic heterocycles. The minimum absolute atomic E-state index is 0.0430. The van der Waals surface area contributed by atoms with Crippen LogP contribution in [0.5, 0.6) is 0 Å². The van der Waals surface area contributed by atoms with Gasteiger partial charge >= 0.3 is 5.97 Å². The van der Waals surface area contributed by atoms with Gasteiger partial charge in [-0.3, -0.25) is 0 Å². The minimum atomic E-state index is -0.217. The average Bonchev–Trinajstić information content (AvgIpc) is 3.11. The Morgan fingerprint density at radius 2 is 1.85 bits per heavy atom. The number of carbonyl (C=O) groups excluding carboxylic acids is 1. The lowest BCUT2D eigenvalue weighted by Crippen LogP contribution is -2.51. The molecule has 4 aliphatic carbocycles. The van der Waals surface area contributed by atoms with E-state index in [4.69, 9.17) is 4.74 Å². The second kappa shape index (κ2) is 9.54. The van der Waals surface area contributed by atoms with Gasteiger partial charge in [0, 0.05) is 12.0 Å². The fourth-order valence-corrected chi connectivity index (χ4v) is 9.00. The van der Waals surface area contributed by atoms with Gasteiger partial charge in [-0.15, -0.1) is 0 Å². The van der Waals surface area contributed by atoms with Gasteiger partial charge in [0.2, 0.25) is 0 Å². The minimum Gasteiger partial charge on any atom is -0.459 e. The van der Waals surface area contributed by atoms with Crippen LogP contribution in [-0.4, -0.2) is 12.1 Å². The lowest BCUT2D eigenvalue weighted by atomic mass is 9.47. The Kier molecular flexibility index (Phi) is 7.24. The van der Waals surface area contributed by atoms with Gasteiger partial charge in [0.1, 0.15) is 6.10 Å². The number of fused-ring (bicyclic) bond motifs is 5. The SMILES string of the molecule is C=C(C)C(=O)O[C@@H]1CC[C@@]2(C)C(=CC[C@H]3[C@@H]4CC[C@H]([C@H](C)CCCC(C)C)[C@@]4(C)CC[C@@H]32)C1. The monoisotopic (exact) mass is 454 g/mol. The van der Waals surface area contributed by atoms with E-state index in [-0.39, 0.29) is 12.1 Å². The van der Waals surface area contributed by atoms with Crippen LogP contribution in [-0.2, 0) is 9.53 Å². The van der Waals surface area contributed by atoms with Gasteiger partial charge in [0.05, 0.1) is 0 Å². The molecule has 0 saturated heterocycles. The molecule has 8 atom stereocenters. The second-order valence-corrected chi connectivity index (χ2v) is 13.3. The van der Waals surface area contributed by atoms with E-state index in [0.717, 1.165) is 48.3 Å². The Bertz CT molecular complexity index is 778. The molecule has 2 nitrogen and oxygen atoms in total. The summed E-state index contributed by atoms with van der Waals surface area (Å²) >= 11 is 0. The molecule has 0 aromatic heterocycles. The first-order valence-corrected chi connectivity index (χ1v) is 14.1. The van der Waals surface area contributed by atoms with E-state index in [2.05, 4.69) is 47.3 Å². The van der Waals surface area contributed by atoms with E-state index in [1.165, 1.54) is 57.8 Å². The smallest absolute Gasteiger partial charge is 0.333 e. The summed E-state index contributed by atoms with van der Waals surface area (Å²) in [5.74, 6) is 5.00. The number of hydrogen-bond donors (Lipinski definition) is 0. The summed E-state index contributed by atoms with van der Waals surface area (Å²) in [7, 11) is 0. The van der Waals surface area contributed by atoms with Crippen molar-refractivity contribution >= 4 is 5.97 Å². The maximum Gasteiger partial charge on any atom is 0.333 e. The molecule has 0 aromatic carbocycles. The van der Waals surface area contributed by atoms with Gasteiger partial charge in [-0.1, -0.05) is 72.1 Å². The summed E-state index contributed by atoms with van der Waals surface area (Å²) in [4.78, 5) is 12.1. The Hall–Kier alpha value is -1.05. The zero-order valence-corrected chi connectivity index (χ0v) is 22.4. The van der Waals surface area contributed by atoms with Gasteiger partial charge in [0.25, 0.3) is 0 Å². The lowest BCUT2D eigenvalue weighted by molar-refractivity contribution is -0.146. The molecule has 2 heteroatoms. The third kappa shape index (κ3) is 4.62. The molecule has 186 valence electrons. The van der Waals surface area contributed by atoms with Crippen molar-refractivity contribution in [1.82, 2.24) is 0 Å². The van der Waals surface area contributed by atoms with Gasteiger partial charge in [-0.2, -0.15) is 0 Å². The van der Waals surface area contributed by atoms with Crippen molar-refractivity contribution in [3.8, 4) is 0 Å². The number of allylic oxidation sites excluding steroid dienone is 1. The van der Waals surface area contributed by atoms with Crippen LogP contribution in [0.15, 0.2) is 23.8 Å². The fourth-order valence-electron chi connectivity index (χ4n) is 9.00. The van der Waals surface area contributed by atoms with Crippen molar-refractivity contribution < 1.29 is 9.53 Å². The molecule has 0 amide bonds. The Morgan fingerprint density at radius 1 is 1.09 bits per heavy atom. The fraction of sp³-hybridized carbons (Fsp3) is 0.839. The highest BCUT2D eigenvalue weighted by Crippen LogP contribution is 2.67. The van der Waals surface area contributed by atoms with E-state index in [0.29, 0.717) is 16.4 Å². The van der Waals surface area contributed by atoms with Crippen LogP contribution < -0.4 is 0 Å². The van der Waals surface area contributed by atoms with Crippen LogP contribution in [0.4, 0.5) is 0 Å². The molecule has 3 fully saturated rings. The molecule has 33 heavy (non-hydrogen) atoms. The predicted octanol–water partition coefficient (Wildman–Crippen LogP) is 8.52. The molecule has 3 saturated carbocycles. The molecule has 0 unspecified atom stereocenters. The number of ether oxygens (including phenoxy) is 1. The summed E-state index contributed by atoms with van der Waals surface area (Å²) in [6.45, 7) is 18.0. The van der Waals surface area contributed by atoms with Crippen LogP contribution in [0, 0.1) is 46.3 Å². The van der Waals surface area contributed by atoms with Gasteiger partial charge in [-0.25, -0.2) is 4.79 Å². The first-order valence-electron chi connectivity index (χ1n) is 14.1. The Morgan fingerprint density at radius 3 is 2.55 bits per heavy atom. The molecular formula is C31H50O2. The molecule has 0 N–H and O–H groups in total. The molecule has 0 heterocycles. The Labute approximate surface area is 204 Å². The second-order valence-electron chi connectivity index (χ2n) is 13.3. The highest BCUT2D eigenvalue weighted by molar-refractivity contribution is 5.87.